The molecule has 100 valence electrons. The number of methoxy groups -OCH3 is 1. The van der Waals surface area contributed by atoms with Crippen LogP contribution in [0.3, 0.4) is 0 Å². The number of hydrogen-bond donors (Lipinski definition) is 2. The Morgan fingerprint density at radius 3 is 2.83 bits per heavy atom. The van der Waals surface area contributed by atoms with Gasteiger partial charge in [0.05, 0.1) is 12.8 Å². The lowest BCUT2D eigenvalue weighted by Crippen LogP contribution is -2.29. The molecule has 0 aliphatic carbocycles. The Labute approximate surface area is 106 Å². The lowest BCUT2D eigenvalue weighted by Gasteiger charge is -2.17. The molecule has 4 nitrogen and oxygen atoms in total. The smallest absolute Gasteiger partial charge is 0.326 e. The first kappa shape index (κ1) is 14.3. The molecule has 0 aliphatic heterocycles. The number of halogens is 1. The summed E-state index contributed by atoms with van der Waals surface area (Å²) in [7, 11) is 1.42. The van der Waals surface area contributed by atoms with E-state index in [4.69, 9.17) is 9.84 Å². The zero-order chi connectivity index (χ0) is 13.5. The maximum absolute atomic E-state index is 13.0. The number of unbranched alkanes of at least 4 members (excludes halogenated alkanes) is 1. The number of nitrogens with one attached hydrogen (secondary N) is 1. The van der Waals surface area contributed by atoms with Crippen LogP contribution in [0.5, 0.6) is 5.75 Å². The summed E-state index contributed by atoms with van der Waals surface area (Å²) in [4.78, 5) is 11.1. The fraction of sp³-hybridized carbons (Fsp3) is 0.462. The monoisotopic (exact) mass is 255 g/mol. The lowest BCUT2D eigenvalue weighted by atomic mass is 10.1. The molecule has 0 saturated heterocycles. The molecule has 0 fully saturated rings. The summed E-state index contributed by atoms with van der Waals surface area (Å²) >= 11 is 0. The number of carboxylic acid groups (broad SMARTS) is 1. The van der Waals surface area contributed by atoms with Crippen LogP contribution in [0.1, 0.15) is 26.2 Å². The summed E-state index contributed by atoms with van der Waals surface area (Å²) in [5.41, 5.74) is 0.488. The zero-order valence-electron chi connectivity index (χ0n) is 10.6. The zero-order valence-corrected chi connectivity index (χ0v) is 10.6. The topological polar surface area (TPSA) is 58.6 Å². The van der Waals surface area contributed by atoms with Gasteiger partial charge in [-0.3, -0.25) is 0 Å². The van der Waals surface area contributed by atoms with E-state index in [0.717, 1.165) is 12.8 Å². The molecule has 1 rings (SSSR count). The fourth-order valence-corrected chi connectivity index (χ4v) is 1.64. The molecular weight excluding hydrogens is 237 g/mol. The van der Waals surface area contributed by atoms with Crippen molar-refractivity contribution in [3.8, 4) is 5.75 Å². The highest BCUT2D eigenvalue weighted by molar-refractivity contribution is 5.78. The van der Waals surface area contributed by atoms with Gasteiger partial charge in [-0.05, 0) is 18.6 Å². The summed E-state index contributed by atoms with van der Waals surface area (Å²) in [5.74, 6) is -1.04. The van der Waals surface area contributed by atoms with E-state index in [1.807, 2.05) is 6.92 Å². The first-order valence-electron chi connectivity index (χ1n) is 5.91. The van der Waals surface area contributed by atoms with Crippen LogP contribution in [0, 0.1) is 5.82 Å². The van der Waals surface area contributed by atoms with E-state index in [0.29, 0.717) is 17.9 Å². The number of benzene rings is 1. The molecule has 1 aromatic rings. The van der Waals surface area contributed by atoms with Gasteiger partial charge in [-0.1, -0.05) is 19.8 Å². The third kappa shape index (κ3) is 3.91. The molecule has 1 atom stereocenters. The van der Waals surface area contributed by atoms with Crippen LogP contribution in [0.2, 0.25) is 0 Å². The number of hydrogen-bond acceptors (Lipinski definition) is 3. The molecule has 0 aliphatic rings. The minimum atomic E-state index is -0.921. The molecule has 0 radical (unpaired) electrons. The van der Waals surface area contributed by atoms with Gasteiger partial charge < -0.3 is 15.2 Å². The maximum atomic E-state index is 13.0. The third-order valence-corrected chi connectivity index (χ3v) is 2.64. The van der Waals surface area contributed by atoms with Gasteiger partial charge in [0.15, 0.2) is 0 Å². The molecule has 0 heterocycles. The van der Waals surface area contributed by atoms with Crippen LogP contribution in [-0.2, 0) is 4.79 Å². The number of carbonyl (C=O) groups is 1. The summed E-state index contributed by atoms with van der Waals surface area (Å²) in [6, 6.07) is 3.28. The quantitative estimate of drug-likeness (QED) is 0.786. The van der Waals surface area contributed by atoms with E-state index >= 15 is 0 Å². The van der Waals surface area contributed by atoms with Crippen molar-refractivity contribution in [1.82, 2.24) is 0 Å². The van der Waals surface area contributed by atoms with Gasteiger partial charge in [-0.2, -0.15) is 0 Å². The van der Waals surface area contributed by atoms with E-state index in [9.17, 15) is 9.18 Å². The van der Waals surface area contributed by atoms with Crippen LogP contribution in [0.4, 0.5) is 10.1 Å². The van der Waals surface area contributed by atoms with E-state index in [1.54, 1.807) is 0 Å². The molecule has 18 heavy (non-hydrogen) atoms. The second-order valence-electron chi connectivity index (χ2n) is 4.02. The predicted octanol–water partition coefficient (Wildman–Crippen LogP) is 2.89. The Morgan fingerprint density at radius 1 is 1.56 bits per heavy atom. The minimum Gasteiger partial charge on any atom is -0.494 e. The van der Waals surface area contributed by atoms with Gasteiger partial charge in [0.2, 0.25) is 0 Å². The normalized spacial score (nSPS) is 11.9. The highest BCUT2D eigenvalue weighted by Gasteiger charge is 2.18. The fourth-order valence-electron chi connectivity index (χ4n) is 1.64. The molecular formula is C13H18FNO3. The number of aliphatic carboxylic acids is 1. The van der Waals surface area contributed by atoms with E-state index < -0.39 is 17.8 Å². The average Bonchev–Trinajstić information content (AvgIpc) is 2.35. The summed E-state index contributed by atoms with van der Waals surface area (Å²) in [5, 5.41) is 12.0. The molecule has 0 amide bonds. The maximum Gasteiger partial charge on any atom is 0.326 e. The van der Waals surface area contributed by atoms with Crippen LogP contribution >= 0.6 is 0 Å². The molecule has 0 aromatic heterocycles. The van der Waals surface area contributed by atoms with Crippen molar-refractivity contribution >= 4 is 11.7 Å². The van der Waals surface area contributed by atoms with Gasteiger partial charge in [-0.25, -0.2) is 9.18 Å². The number of anilines is 1. The third-order valence-electron chi connectivity index (χ3n) is 2.64. The largest absolute Gasteiger partial charge is 0.494 e. The van der Waals surface area contributed by atoms with Crippen molar-refractivity contribution in [3.63, 3.8) is 0 Å². The van der Waals surface area contributed by atoms with Crippen molar-refractivity contribution in [1.29, 1.82) is 0 Å². The van der Waals surface area contributed by atoms with Crippen LogP contribution in [0.15, 0.2) is 18.2 Å². The van der Waals surface area contributed by atoms with E-state index in [2.05, 4.69) is 5.32 Å². The number of carboxylic acids is 1. The molecule has 1 aromatic carbocycles. The predicted molar refractivity (Wildman–Crippen MR) is 67.5 cm³/mol. The summed E-state index contributed by atoms with van der Waals surface area (Å²) in [6.45, 7) is 2.00. The Hall–Kier alpha value is -1.78. The SMILES string of the molecule is CCCCC(Nc1ccc(F)cc1OC)C(=O)O. The van der Waals surface area contributed by atoms with Crippen molar-refractivity contribution in [2.45, 2.75) is 32.2 Å². The standard InChI is InChI=1S/C13H18FNO3/c1-3-4-5-11(13(16)17)15-10-7-6-9(14)8-12(10)18-2/h6-8,11,15H,3-5H2,1-2H3,(H,16,17). The highest BCUT2D eigenvalue weighted by atomic mass is 19.1. The Morgan fingerprint density at radius 2 is 2.28 bits per heavy atom. The lowest BCUT2D eigenvalue weighted by molar-refractivity contribution is -0.138. The summed E-state index contributed by atoms with van der Waals surface area (Å²) in [6.07, 6.45) is 2.26. The van der Waals surface area contributed by atoms with Crippen molar-refractivity contribution in [2.24, 2.45) is 0 Å². The highest BCUT2D eigenvalue weighted by Crippen LogP contribution is 2.26. The van der Waals surface area contributed by atoms with Gasteiger partial charge in [0.25, 0.3) is 0 Å². The average molecular weight is 255 g/mol. The van der Waals surface area contributed by atoms with Crippen molar-refractivity contribution in [2.75, 3.05) is 12.4 Å². The minimum absolute atomic E-state index is 0.303. The van der Waals surface area contributed by atoms with Crippen molar-refractivity contribution in [3.05, 3.63) is 24.0 Å². The molecule has 5 heteroatoms. The Balaban J connectivity index is 2.82. The molecule has 1 unspecified atom stereocenters. The van der Waals surface area contributed by atoms with Crippen LogP contribution in [0.25, 0.3) is 0 Å². The first-order chi connectivity index (χ1) is 8.58. The number of rotatable bonds is 7. The molecule has 2 N–H and O–H groups in total. The molecule has 0 bridgehead atoms. The van der Waals surface area contributed by atoms with Gasteiger partial charge in [0.1, 0.15) is 17.6 Å². The second-order valence-corrected chi connectivity index (χ2v) is 4.02. The first-order valence-corrected chi connectivity index (χ1v) is 5.91. The van der Waals surface area contributed by atoms with Gasteiger partial charge >= 0.3 is 5.97 Å². The van der Waals surface area contributed by atoms with Crippen LogP contribution < -0.4 is 10.1 Å². The number of ether oxygens (including phenoxy) is 1. The Kier molecular flexibility index (Phi) is 5.42. The van der Waals surface area contributed by atoms with Gasteiger partial charge in [-0.15, -0.1) is 0 Å². The second kappa shape index (κ2) is 6.83. The molecule has 0 saturated carbocycles. The van der Waals surface area contributed by atoms with Crippen molar-refractivity contribution < 1.29 is 19.0 Å². The molecule has 0 spiro atoms. The van der Waals surface area contributed by atoms with E-state index in [1.165, 1.54) is 25.3 Å². The Bertz CT molecular complexity index is 409. The van der Waals surface area contributed by atoms with Gasteiger partial charge in [0, 0.05) is 6.07 Å². The summed E-state index contributed by atoms with van der Waals surface area (Å²) < 4.78 is 18.0. The van der Waals surface area contributed by atoms with E-state index in [-0.39, 0.29) is 0 Å². The van der Waals surface area contributed by atoms with Crippen LogP contribution in [-0.4, -0.2) is 24.2 Å².